The van der Waals surface area contributed by atoms with Gasteiger partial charge in [-0.3, -0.25) is 0 Å². The van der Waals surface area contributed by atoms with Gasteiger partial charge >= 0.3 is 0 Å². The van der Waals surface area contributed by atoms with E-state index in [9.17, 15) is 0 Å². The van der Waals surface area contributed by atoms with Crippen LogP contribution in [0, 0.1) is 0 Å². The number of aromatic nitrogens is 10. The number of nitrogens with zero attached hydrogens (tertiary/aromatic N) is 16. The van der Waals surface area contributed by atoms with Gasteiger partial charge in [-0.25, -0.2) is 65.6 Å². The first-order valence-electron chi connectivity index (χ1n) is 40.9. The van der Waals surface area contributed by atoms with E-state index >= 15 is 0 Å². The van der Waals surface area contributed by atoms with Gasteiger partial charge in [0.15, 0.2) is 124 Å². The molecule has 0 atom stereocenters. The van der Waals surface area contributed by atoms with E-state index < -0.39 is 0 Å². The van der Waals surface area contributed by atoms with Crippen molar-refractivity contribution in [1.82, 2.24) is 9.80 Å². The van der Waals surface area contributed by atoms with Crippen molar-refractivity contribution in [3.63, 3.8) is 0 Å². The molecule has 17 heterocycles. The van der Waals surface area contributed by atoms with Crippen molar-refractivity contribution in [3.8, 4) is 33.4 Å². The fraction of sp³-hybridized carbons (Fsp3) is 0.200. The first kappa shape index (κ1) is 75.1. The summed E-state index contributed by atoms with van der Waals surface area (Å²) < 4.78 is 22.3. The highest BCUT2D eigenvalue weighted by Gasteiger charge is 2.30. The summed E-state index contributed by atoms with van der Waals surface area (Å²) in [5.41, 5.74) is 24.3. The van der Waals surface area contributed by atoms with Crippen LogP contribution in [-0.4, -0.2) is 46.2 Å². The maximum atomic E-state index is 5.70. The Morgan fingerprint density at radius 3 is 0.655 bits per heavy atom. The molecule has 116 heavy (non-hydrogen) atoms. The van der Waals surface area contributed by atoms with Crippen LogP contribution >= 0.6 is 0 Å². The van der Waals surface area contributed by atoms with Crippen LogP contribution in [0.25, 0.3) is 55.7 Å². The molecule has 0 aliphatic carbocycles. The van der Waals surface area contributed by atoms with Gasteiger partial charge in [0.1, 0.15) is 67.0 Å². The van der Waals surface area contributed by atoms with Crippen LogP contribution < -0.4 is 45.7 Å². The molecule has 16 heteroatoms. The second-order valence-corrected chi connectivity index (χ2v) is 30.8. The Labute approximate surface area is 681 Å². The number of hydrogen-bond acceptors (Lipinski definition) is 6. The topological polar surface area (TPSA) is 94.7 Å². The molecule has 16 nitrogen and oxygen atoms in total. The number of aliphatic imine (C=N–C) groups is 4. The minimum absolute atomic E-state index is 0.833. The summed E-state index contributed by atoms with van der Waals surface area (Å²) in [5, 5.41) is 0. The molecule has 0 aromatic carbocycles. The average molecular weight is 1530 g/mol. The molecule has 570 valence electrons. The number of pyridine rings is 10. The van der Waals surface area contributed by atoms with E-state index in [0.29, 0.717) is 0 Å². The zero-order chi connectivity index (χ0) is 78.5. The Hall–Kier alpha value is -13.6. The fourth-order valence-electron chi connectivity index (χ4n) is 15.7. The molecule has 10 aromatic rings. The molecule has 7 aliphatic rings. The lowest BCUT2D eigenvalue weighted by atomic mass is 9.99. The predicted octanol–water partition coefficient (Wildman–Crippen LogP) is 13.0. The molecular weight excluding hydrogens is 1430 g/mol. The zero-order valence-electron chi connectivity index (χ0n) is 66.8. The molecule has 0 saturated carbocycles. The molecule has 7 aliphatic heterocycles. The summed E-state index contributed by atoms with van der Waals surface area (Å²) in [6.07, 6.45) is 86.5. The third-order valence-corrected chi connectivity index (χ3v) is 22.5. The van der Waals surface area contributed by atoms with Crippen molar-refractivity contribution in [2.45, 2.75) is 97.2 Å². The van der Waals surface area contributed by atoms with Crippen molar-refractivity contribution in [3.05, 3.63) is 399 Å². The SMILES string of the molecule is CN1C=CC(=C2C=CN(CCCC[n+]3ccc(C4=C5C=CC(=N5)C(c5cc[n+](CCCC[n+]6ccc(-c7cc[n+](C)cc7)cc6)cc5)=C5C=CC(=N5)C(c5cc[n+](CCCC[n+]6ccc(-c7cc[n+](C)cc7)cc6)cc5)=C5C=CC(=N5)C(c5cc[n+](CCCC[n+]6ccc(-c7cc[n+](C)cc7)cc6)cc5)=C5C=CC4=N5)cc3)C=C2)C=C1. The first-order valence-corrected chi connectivity index (χ1v) is 40.9. The standard InChI is InChI=1S/C100H100N16/c1-105-53-21-77(22-54-105)81-29-61-109(62-30-81)45-5-9-49-113-69-37-85(38-70-113)97-89-13-15-91(101-89)98(86-39-71-114(72-40-86)50-10-6-46-110-63-31-82(32-64-110)78-23-55-106(2)56-24-78)93-17-19-95(103-93)100(88-43-75-116(76-44-88)52-12-8-48-112-67-35-84(36-68-112)80-27-59-108(4)60-28-80)96-20-18-94(104-96)99(92-16-14-90(97)102-92)87-41-73-115(74-42-87)51-11-7-47-111-65-33-83(34-66-111)79-25-57-107(3)58-26-79/h13-44,53-76H,5-12,45-52H2,1-4H3/q+10. The Morgan fingerprint density at radius 1 is 0.224 bits per heavy atom. The molecule has 10 aromatic heterocycles. The third-order valence-electron chi connectivity index (χ3n) is 22.5. The number of unbranched alkanes of at least 4 members (excludes halogenated alkanes) is 4. The van der Waals surface area contributed by atoms with Crippen molar-refractivity contribution >= 4 is 45.1 Å². The van der Waals surface area contributed by atoms with E-state index in [4.69, 9.17) is 20.0 Å². The average Bonchev–Trinajstić information content (AvgIpc) is 1.61. The zero-order valence-corrected chi connectivity index (χ0v) is 66.8. The molecule has 0 spiro atoms. The van der Waals surface area contributed by atoms with Crippen LogP contribution in [0.3, 0.4) is 0 Å². The molecular formula is C100H100N16+10. The molecule has 0 saturated heterocycles. The monoisotopic (exact) mass is 1520 g/mol. The van der Waals surface area contributed by atoms with Gasteiger partial charge in [-0.2, -0.15) is 0 Å². The van der Waals surface area contributed by atoms with Gasteiger partial charge in [0.25, 0.3) is 0 Å². The molecule has 0 fully saturated rings. The lowest BCUT2D eigenvalue weighted by Gasteiger charge is -2.20. The normalized spacial score (nSPS) is 15.3. The second kappa shape index (κ2) is 35.2. The van der Waals surface area contributed by atoms with Gasteiger partial charge in [-0.15, -0.1) is 0 Å². The van der Waals surface area contributed by atoms with Crippen molar-refractivity contribution < 1.29 is 45.7 Å². The summed E-state index contributed by atoms with van der Waals surface area (Å²) in [7, 11) is 8.20. The van der Waals surface area contributed by atoms with Crippen molar-refractivity contribution in [2.24, 2.45) is 41.1 Å². The minimum atomic E-state index is 0.833. The Bertz CT molecular complexity index is 5710. The lowest BCUT2D eigenvalue weighted by Crippen LogP contribution is -2.35. The fourth-order valence-corrected chi connectivity index (χ4v) is 15.7. The highest BCUT2D eigenvalue weighted by Crippen LogP contribution is 2.39. The summed E-state index contributed by atoms with van der Waals surface area (Å²) in [6.45, 7) is 7.33. The minimum Gasteiger partial charge on any atom is -0.357 e. The van der Waals surface area contributed by atoms with E-state index in [1.54, 1.807) is 0 Å². The number of rotatable bonds is 27. The summed E-state index contributed by atoms with van der Waals surface area (Å²) in [4.78, 5) is 27.2. The molecule has 0 N–H and O–H groups in total. The maximum Gasteiger partial charge on any atom is 0.169 e. The molecule has 8 bridgehead atoms. The first-order chi connectivity index (χ1) is 57.0. The number of hydrogen-bond donors (Lipinski definition) is 0. The van der Waals surface area contributed by atoms with Crippen LogP contribution in [0.2, 0.25) is 0 Å². The lowest BCUT2D eigenvalue weighted by molar-refractivity contribution is -0.708. The van der Waals surface area contributed by atoms with Crippen LogP contribution in [0.5, 0.6) is 0 Å². The van der Waals surface area contributed by atoms with Gasteiger partial charge in [0.2, 0.25) is 0 Å². The summed E-state index contributed by atoms with van der Waals surface area (Å²) in [5.74, 6) is 0. The molecule has 0 amide bonds. The van der Waals surface area contributed by atoms with E-state index in [1.807, 2.05) is 28.2 Å². The smallest absolute Gasteiger partial charge is 0.169 e. The number of aryl methyl sites for hydroxylation is 10. The van der Waals surface area contributed by atoms with Gasteiger partial charge in [0, 0.05) is 227 Å². The Morgan fingerprint density at radius 2 is 0.422 bits per heavy atom. The largest absolute Gasteiger partial charge is 0.357 e. The summed E-state index contributed by atoms with van der Waals surface area (Å²) >= 11 is 0. The van der Waals surface area contributed by atoms with Crippen LogP contribution in [0.1, 0.15) is 73.6 Å². The van der Waals surface area contributed by atoms with Crippen LogP contribution in [0.15, 0.2) is 397 Å². The Kier molecular flexibility index (Phi) is 22.8. The van der Waals surface area contributed by atoms with Crippen molar-refractivity contribution in [1.29, 1.82) is 0 Å². The Balaban J connectivity index is 0.675. The summed E-state index contributed by atoms with van der Waals surface area (Å²) in [6, 6.07) is 44.2. The van der Waals surface area contributed by atoms with Gasteiger partial charge in [-0.05, 0) is 146 Å². The quantitative estimate of drug-likeness (QED) is 0.0379. The van der Waals surface area contributed by atoms with Crippen molar-refractivity contribution in [2.75, 3.05) is 13.6 Å². The third kappa shape index (κ3) is 18.1. The highest BCUT2D eigenvalue weighted by atomic mass is 15.1. The van der Waals surface area contributed by atoms with E-state index in [2.05, 4.69) is 398 Å². The molecule has 0 unspecified atom stereocenters. The number of fused-ring (bicyclic) bond motifs is 4. The predicted molar refractivity (Wildman–Crippen MR) is 455 cm³/mol. The van der Waals surface area contributed by atoms with Crippen LogP contribution in [0.4, 0.5) is 0 Å². The van der Waals surface area contributed by atoms with Crippen LogP contribution in [-0.2, 0) is 67.0 Å². The molecule has 17 rings (SSSR count). The maximum absolute atomic E-state index is 5.70. The van der Waals surface area contributed by atoms with Gasteiger partial charge < -0.3 is 9.80 Å². The molecule has 0 radical (unpaired) electrons. The highest BCUT2D eigenvalue weighted by molar-refractivity contribution is 6.39. The van der Waals surface area contributed by atoms with E-state index in [-0.39, 0.29) is 0 Å². The van der Waals surface area contributed by atoms with Gasteiger partial charge in [0.05, 0.1) is 45.6 Å². The second-order valence-electron chi connectivity index (χ2n) is 30.8. The van der Waals surface area contributed by atoms with Gasteiger partial charge in [-0.1, -0.05) is 0 Å². The van der Waals surface area contributed by atoms with E-state index in [1.165, 1.54) is 44.5 Å². The number of allylic oxidation sites excluding steroid dienone is 18. The van der Waals surface area contributed by atoms with E-state index in [0.717, 1.165) is 194 Å².